The first-order valence-electron chi connectivity index (χ1n) is 8.57. The maximum atomic E-state index is 11.9. The number of carbonyl (C=O) groups is 1. The molecule has 0 fully saturated rings. The Hall–Kier alpha value is -3.54. The molecule has 1 N–H and O–H groups in total. The first-order valence-corrected chi connectivity index (χ1v) is 8.57. The van der Waals surface area contributed by atoms with Crippen LogP contribution in [0.5, 0.6) is 11.5 Å². The lowest BCUT2D eigenvalue weighted by molar-refractivity contribution is -0.116. The molecule has 0 radical (unpaired) electrons. The van der Waals surface area contributed by atoms with Gasteiger partial charge in [0.2, 0.25) is 5.91 Å². The van der Waals surface area contributed by atoms with Gasteiger partial charge in [-0.1, -0.05) is 18.2 Å². The molecule has 1 aromatic heterocycles. The molecule has 0 aliphatic rings. The lowest BCUT2D eigenvalue weighted by atomic mass is 10.3. The van der Waals surface area contributed by atoms with E-state index in [9.17, 15) is 4.79 Å². The van der Waals surface area contributed by atoms with Crippen molar-refractivity contribution in [3.05, 3.63) is 78.6 Å². The van der Waals surface area contributed by atoms with E-state index in [4.69, 9.17) is 9.47 Å². The van der Waals surface area contributed by atoms with Crippen LogP contribution >= 0.6 is 0 Å². The number of amides is 1. The highest BCUT2D eigenvalue weighted by Crippen LogP contribution is 2.16. The van der Waals surface area contributed by atoms with E-state index in [1.807, 2.05) is 60.8 Å². The van der Waals surface area contributed by atoms with E-state index in [0.29, 0.717) is 13.2 Å². The molecule has 0 bridgehead atoms. The van der Waals surface area contributed by atoms with Crippen LogP contribution in [0.15, 0.2) is 73.1 Å². The molecule has 0 spiro atoms. The zero-order chi connectivity index (χ0) is 18.9. The fraction of sp³-hybridized carbons (Fsp3) is 0.143. The van der Waals surface area contributed by atoms with E-state index in [0.717, 1.165) is 22.7 Å². The molecule has 138 valence electrons. The van der Waals surface area contributed by atoms with Crippen molar-refractivity contribution in [1.29, 1.82) is 0 Å². The second-order valence-corrected chi connectivity index (χ2v) is 5.70. The van der Waals surface area contributed by atoms with Gasteiger partial charge in [-0.3, -0.25) is 4.79 Å². The number of methoxy groups -OCH3 is 1. The van der Waals surface area contributed by atoms with E-state index >= 15 is 0 Å². The molecule has 6 nitrogen and oxygen atoms in total. The van der Waals surface area contributed by atoms with Crippen molar-refractivity contribution in [2.75, 3.05) is 20.3 Å². The first-order chi connectivity index (χ1) is 13.2. The molecule has 0 saturated carbocycles. The van der Waals surface area contributed by atoms with Crippen LogP contribution in [0, 0.1) is 0 Å². The van der Waals surface area contributed by atoms with Crippen molar-refractivity contribution < 1.29 is 14.3 Å². The largest absolute Gasteiger partial charge is 0.497 e. The Morgan fingerprint density at radius 2 is 1.85 bits per heavy atom. The molecule has 0 aliphatic heterocycles. The lowest BCUT2D eigenvalue weighted by Crippen LogP contribution is -2.26. The van der Waals surface area contributed by atoms with Crippen LogP contribution in [-0.4, -0.2) is 35.9 Å². The summed E-state index contributed by atoms with van der Waals surface area (Å²) >= 11 is 0. The predicted octanol–water partition coefficient (Wildman–Crippen LogP) is 3.09. The van der Waals surface area contributed by atoms with Gasteiger partial charge in [0.15, 0.2) is 0 Å². The Labute approximate surface area is 158 Å². The van der Waals surface area contributed by atoms with Gasteiger partial charge < -0.3 is 14.8 Å². The Morgan fingerprint density at radius 3 is 2.59 bits per heavy atom. The highest BCUT2D eigenvalue weighted by atomic mass is 16.5. The number of benzene rings is 2. The Bertz CT molecular complexity index is 887. The molecule has 1 amide bonds. The summed E-state index contributed by atoms with van der Waals surface area (Å²) in [4.78, 5) is 11.9. The number of nitrogens with one attached hydrogen (secondary N) is 1. The minimum absolute atomic E-state index is 0.180. The summed E-state index contributed by atoms with van der Waals surface area (Å²) in [6.45, 7) is 0.802. The SMILES string of the molecule is COc1ccc(OCCNC(=O)/C=C/c2cnn(-c3ccccc3)c2)cc1. The third-order valence-electron chi connectivity index (χ3n) is 3.78. The second kappa shape index (κ2) is 9.24. The van der Waals surface area contributed by atoms with Crippen LogP contribution < -0.4 is 14.8 Å². The fourth-order valence-corrected chi connectivity index (χ4v) is 2.39. The van der Waals surface area contributed by atoms with Gasteiger partial charge in [0, 0.05) is 17.8 Å². The van der Waals surface area contributed by atoms with Crippen molar-refractivity contribution in [2.45, 2.75) is 0 Å². The molecule has 27 heavy (non-hydrogen) atoms. The number of aromatic nitrogens is 2. The number of nitrogens with zero attached hydrogens (tertiary/aromatic N) is 2. The van der Waals surface area contributed by atoms with Crippen LogP contribution in [0.25, 0.3) is 11.8 Å². The summed E-state index contributed by atoms with van der Waals surface area (Å²) in [6.07, 6.45) is 6.79. The number of ether oxygens (including phenoxy) is 2. The average Bonchev–Trinajstić information content (AvgIpc) is 3.20. The van der Waals surface area contributed by atoms with Crippen molar-refractivity contribution in [1.82, 2.24) is 15.1 Å². The van der Waals surface area contributed by atoms with Crippen molar-refractivity contribution >= 4 is 12.0 Å². The maximum absolute atomic E-state index is 11.9. The molecular weight excluding hydrogens is 342 g/mol. The summed E-state index contributed by atoms with van der Waals surface area (Å²) in [6, 6.07) is 17.1. The van der Waals surface area contributed by atoms with Gasteiger partial charge in [0.05, 0.1) is 25.5 Å². The number of hydrogen-bond acceptors (Lipinski definition) is 4. The quantitative estimate of drug-likeness (QED) is 0.493. The van der Waals surface area contributed by atoms with Crippen LogP contribution in [0.2, 0.25) is 0 Å². The van der Waals surface area contributed by atoms with Gasteiger partial charge >= 0.3 is 0 Å². The highest BCUT2D eigenvalue weighted by Gasteiger charge is 2.00. The minimum Gasteiger partial charge on any atom is -0.497 e. The van der Waals surface area contributed by atoms with Crippen molar-refractivity contribution in [2.24, 2.45) is 0 Å². The smallest absolute Gasteiger partial charge is 0.244 e. The van der Waals surface area contributed by atoms with Gasteiger partial charge in [-0.15, -0.1) is 0 Å². The van der Waals surface area contributed by atoms with Crippen LogP contribution in [0.4, 0.5) is 0 Å². The monoisotopic (exact) mass is 363 g/mol. The third kappa shape index (κ3) is 5.47. The standard InChI is InChI=1S/C21H21N3O3/c1-26-19-8-10-20(11-9-19)27-14-13-22-21(25)12-7-17-15-23-24(16-17)18-5-3-2-4-6-18/h2-12,15-16H,13-14H2,1H3,(H,22,25)/b12-7+. The van der Waals surface area contributed by atoms with Crippen LogP contribution in [0.1, 0.15) is 5.56 Å². The molecule has 6 heteroatoms. The van der Waals surface area contributed by atoms with Gasteiger partial charge in [-0.2, -0.15) is 5.10 Å². The van der Waals surface area contributed by atoms with Gasteiger partial charge in [0.1, 0.15) is 18.1 Å². The topological polar surface area (TPSA) is 65.4 Å². The number of carbonyl (C=O) groups excluding carboxylic acids is 1. The van der Waals surface area contributed by atoms with Gasteiger partial charge in [-0.25, -0.2) is 4.68 Å². The normalized spacial score (nSPS) is 10.7. The number of hydrogen-bond donors (Lipinski definition) is 1. The molecular formula is C21H21N3O3. The average molecular weight is 363 g/mol. The first kappa shape index (κ1) is 18.3. The Morgan fingerprint density at radius 1 is 1.11 bits per heavy atom. The van der Waals surface area contributed by atoms with Crippen LogP contribution in [-0.2, 0) is 4.79 Å². The van der Waals surface area contributed by atoms with Crippen molar-refractivity contribution in [3.63, 3.8) is 0 Å². The lowest BCUT2D eigenvalue weighted by Gasteiger charge is -2.07. The minimum atomic E-state index is -0.180. The molecule has 0 saturated heterocycles. The van der Waals surface area contributed by atoms with Crippen molar-refractivity contribution in [3.8, 4) is 17.2 Å². The number of rotatable bonds is 8. The van der Waals surface area contributed by atoms with Crippen LogP contribution in [0.3, 0.4) is 0 Å². The molecule has 0 unspecified atom stereocenters. The van der Waals surface area contributed by atoms with Gasteiger partial charge in [-0.05, 0) is 42.5 Å². The second-order valence-electron chi connectivity index (χ2n) is 5.70. The maximum Gasteiger partial charge on any atom is 0.244 e. The molecule has 0 aliphatic carbocycles. The zero-order valence-electron chi connectivity index (χ0n) is 15.0. The van der Waals surface area contributed by atoms with E-state index in [2.05, 4.69) is 10.4 Å². The molecule has 0 atom stereocenters. The predicted molar refractivity (Wildman–Crippen MR) is 104 cm³/mol. The summed E-state index contributed by atoms with van der Waals surface area (Å²) in [5.74, 6) is 1.33. The summed E-state index contributed by atoms with van der Waals surface area (Å²) in [5, 5.41) is 7.07. The Kier molecular flexibility index (Phi) is 6.25. The van der Waals surface area contributed by atoms with E-state index in [-0.39, 0.29) is 5.91 Å². The summed E-state index contributed by atoms with van der Waals surface area (Å²) in [7, 11) is 1.62. The summed E-state index contributed by atoms with van der Waals surface area (Å²) in [5.41, 5.74) is 1.82. The molecule has 2 aromatic carbocycles. The third-order valence-corrected chi connectivity index (χ3v) is 3.78. The van der Waals surface area contributed by atoms with E-state index in [1.165, 1.54) is 6.08 Å². The zero-order valence-corrected chi connectivity index (χ0v) is 15.0. The Balaban J connectivity index is 1.42. The van der Waals surface area contributed by atoms with E-state index in [1.54, 1.807) is 24.1 Å². The summed E-state index contributed by atoms with van der Waals surface area (Å²) < 4.78 is 12.4. The number of para-hydroxylation sites is 1. The molecule has 3 rings (SSSR count). The highest BCUT2D eigenvalue weighted by molar-refractivity contribution is 5.91. The van der Waals surface area contributed by atoms with Gasteiger partial charge in [0.25, 0.3) is 0 Å². The molecule has 3 aromatic rings. The molecule has 1 heterocycles. The van der Waals surface area contributed by atoms with E-state index < -0.39 is 0 Å². The fourth-order valence-electron chi connectivity index (χ4n) is 2.39.